The lowest BCUT2D eigenvalue weighted by Gasteiger charge is -2.15. The molecule has 106 valence electrons. The first-order chi connectivity index (χ1) is 8.05. The van der Waals surface area contributed by atoms with Gasteiger partial charge in [-0.2, -0.15) is 4.40 Å². The minimum atomic E-state index is -1.16. The van der Waals surface area contributed by atoms with Crippen molar-refractivity contribution < 1.29 is 9.00 Å². The van der Waals surface area contributed by atoms with Crippen molar-refractivity contribution in [3.05, 3.63) is 0 Å². The molecular formula is C14H27NO2S. The molecule has 0 amide bonds. The van der Waals surface area contributed by atoms with E-state index in [1.54, 1.807) is 6.21 Å². The average Bonchev–Trinajstić information content (AvgIpc) is 2.19. The molecule has 0 radical (unpaired) electrons. The van der Waals surface area contributed by atoms with Crippen LogP contribution in [-0.4, -0.2) is 21.0 Å². The van der Waals surface area contributed by atoms with Gasteiger partial charge in [0.2, 0.25) is 0 Å². The lowest BCUT2D eigenvalue weighted by atomic mass is 9.88. The van der Waals surface area contributed by atoms with Crippen LogP contribution >= 0.6 is 0 Å². The Morgan fingerprint density at radius 2 is 1.67 bits per heavy atom. The zero-order valence-electron chi connectivity index (χ0n) is 12.6. The van der Waals surface area contributed by atoms with Gasteiger partial charge >= 0.3 is 0 Å². The first kappa shape index (κ1) is 17.5. The maximum atomic E-state index is 11.7. The number of hydrogen-bond acceptors (Lipinski definition) is 2. The number of Topliss-reactive ketones (excluding diaryl/α,β-unsaturated/α-hetero) is 1. The van der Waals surface area contributed by atoms with E-state index in [4.69, 9.17) is 0 Å². The molecule has 0 aromatic rings. The van der Waals surface area contributed by atoms with Crippen molar-refractivity contribution in [1.82, 2.24) is 0 Å². The average molecular weight is 273 g/mol. The maximum absolute atomic E-state index is 11.7. The van der Waals surface area contributed by atoms with Crippen molar-refractivity contribution in [2.75, 3.05) is 0 Å². The molecule has 0 rings (SSSR count). The lowest BCUT2D eigenvalue weighted by Crippen LogP contribution is -2.20. The molecule has 4 heteroatoms. The normalized spacial score (nSPS) is 15.0. The quantitative estimate of drug-likeness (QED) is 0.547. The number of carbonyl (C=O) groups excluding carboxylic acids is 1. The van der Waals surface area contributed by atoms with E-state index in [1.807, 2.05) is 41.5 Å². The number of nitrogens with zero attached hydrogens (tertiary/aromatic N) is 1. The molecule has 0 saturated carbocycles. The number of hydrogen-bond donors (Lipinski definition) is 0. The van der Waals surface area contributed by atoms with E-state index < -0.39 is 11.0 Å². The van der Waals surface area contributed by atoms with Crippen molar-refractivity contribution in [2.45, 2.75) is 72.0 Å². The molecule has 18 heavy (non-hydrogen) atoms. The highest BCUT2D eigenvalue weighted by Crippen LogP contribution is 2.18. The summed E-state index contributed by atoms with van der Waals surface area (Å²) in [5.41, 5.74) is -0.234. The number of ketones is 1. The molecule has 0 saturated heterocycles. The fourth-order valence-electron chi connectivity index (χ4n) is 1.17. The molecule has 0 aliphatic rings. The van der Waals surface area contributed by atoms with Gasteiger partial charge in [-0.15, -0.1) is 0 Å². The highest BCUT2D eigenvalue weighted by Gasteiger charge is 2.20. The molecule has 0 aromatic heterocycles. The molecule has 3 nitrogen and oxygen atoms in total. The summed E-state index contributed by atoms with van der Waals surface area (Å²) in [6.45, 7) is 11.6. The van der Waals surface area contributed by atoms with Crippen molar-refractivity contribution in [1.29, 1.82) is 0 Å². The molecule has 0 aromatic carbocycles. The van der Waals surface area contributed by atoms with Gasteiger partial charge in [-0.1, -0.05) is 20.8 Å². The third kappa shape index (κ3) is 7.75. The Morgan fingerprint density at radius 1 is 1.11 bits per heavy atom. The Balaban J connectivity index is 3.80. The van der Waals surface area contributed by atoms with E-state index in [0.717, 1.165) is 19.3 Å². The minimum Gasteiger partial charge on any atom is -0.299 e. The van der Waals surface area contributed by atoms with Gasteiger partial charge in [0.15, 0.2) is 0 Å². The van der Waals surface area contributed by atoms with Crippen LogP contribution in [0.4, 0.5) is 0 Å². The Bertz CT molecular complexity index is 322. The van der Waals surface area contributed by atoms with Crippen LogP contribution in [0.2, 0.25) is 0 Å². The fourth-order valence-corrected chi connectivity index (χ4v) is 1.73. The summed E-state index contributed by atoms with van der Waals surface area (Å²) in [7, 11) is -1.16. The monoisotopic (exact) mass is 273 g/mol. The molecule has 0 unspecified atom stereocenters. The van der Waals surface area contributed by atoms with Gasteiger partial charge in [0.1, 0.15) is 16.8 Å². The van der Waals surface area contributed by atoms with Crippen LogP contribution in [0.5, 0.6) is 0 Å². The molecule has 0 heterocycles. The fraction of sp³-hybridized carbons (Fsp3) is 0.857. The van der Waals surface area contributed by atoms with Gasteiger partial charge in [-0.25, -0.2) is 4.21 Å². The minimum absolute atomic E-state index is 0.234. The highest BCUT2D eigenvalue weighted by atomic mass is 32.2. The van der Waals surface area contributed by atoms with Crippen LogP contribution in [0.25, 0.3) is 0 Å². The summed E-state index contributed by atoms with van der Waals surface area (Å²) in [6, 6.07) is 0. The third-order valence-electron chi connectivity index (χ3n) is 2.52. The van der Waals surface area contributed by atoms with E-state index in [0.29, 0.717) is 12.2 Å². The van der Waals surface area contributed by atoms with E-state index in [-0.39, 0.29) is 10.2 Å². The Labute approximate surface area is 114 Å². The van der Waals surface area contributed by atoms with Gasteiger partial charge in [0.25, 0.3) is 0 Å². The summed E-state index contributed by atoms with van der Waals surface area (Å²) in [4.78, 5) is 11.7. The molecule has 0 aliphatic heterocycles. The molecule has 1 atom stereocenters. The van der Waals surface area contributed by atoms with Crippen molar-refractivity contribution in [3.63, 3.8) is 0 Å². The first-order valence-corrected chi connectivity index (χ1v) is 7.63. The highest BCUT2D eigenvalue weighted by molar-refractivity contribution is 7.85. The Hall–Kier alpha value is -0.510. The maximum Gasteiger partial charge on any atom is 0.144 e. The topological polar surface area (TPSA) is 46.5 Å². The number of rotatable bonds is 6. The number of carbonyl (C=O) groups is 1. The van der Waals surface area contributed by atoms with Crippen LogP contribution in [-0.2, 0) is 15.8 Å². The zero-order valence-corrected chi connectivity index (χ0v) is 13.4. The van der Waals surface area contributed by atoms with Gasteiger partial charge < -0.3 is 0 Å². The van der Waals surface area contributed by atoms with Crippen LogP contribution in [0.1, 0.15) is 67.2 Å². The van der Waals surface area contributed by atoms with Crippen LogP contribution in [0.15, 0.2) is 4.40 Å². The van der Waals surface area contributed by atoms with Crippen molar-refractivity contribution >= 4 is 23.0 Å². The molecule has 0 spiro atoms. The molecule has 0 bridgehead atoms. The standard InChI is InChI=1S/C14H27NO2S/c1-13(2,3)12(16)10-8-7-9-11-15-18(17)14(4,5)6/h11H,7-10H2,1-6H3/b15-11+/t18-/m1/s1. The Morgan fingerprint density at radius 3 is 2.11 bits per heavy atom. The van der Waals surface area contributed by atoms with E-state index in [1.165, 1.54) is 0 Å². The van der Waals surface area contributed by atoms with Gasteiger partial charge in [0.05, 0.1) is 4.75 Å². The smallest absolute Gasteiger partial charge is 0.144 e. The summed E-state index contributed by atoms with van der Waals surface area (Å²) in [5.74, 6) is 0.303. The van der Waals surface area contributed by atoms with Gasteiger partial charge in [0, 0.05) is 18.1 Å². The van der Waals surface area contributed by atoms with Crippen LogP contribution in [0.3, 0.4) is 0 Å². The van der Waals surface area contributed by atoms with Gasteiger partial charge in [-0.3, -0.25) is 4.79 Å². The van der Waals surface area contributed by atoms with Crippen LogP contribution in [0, 0.1) is 5.41 Å². The second-order valence-electron chi connectivity index (χ2n) is 6.57. The van der Waals surface area contributed by atoms with Crippen molar-refractivity contribution in [3.8, 4) is 0 Å². The molecule has 0 aliphatic carbocycles. The van der Waals surface area contributed by atoms with Gasteiger partial charge in [-0.05, 0) is 40.0 Å². The number of unbranched alkanes of at least 4 members (excludes halogenated alkanes) is 2. The summed E-state index contributed by atoms with van der Waals surface area (Å²) in [5, 5.41) is 0. The third-order valence-corrected chi connectivity index (χ3v) is 3.91. The Kier molecular flexibility index (Phi) is 6.97. The molecular weight excluding hydrogens is 246 g/mol. The molecule has 0 fully saturated rings. The lowest BCUT2D eigenvalue weighted by molar-refractivity contribution is -0.126. The molecule has 0 N–H and O–H groups in total. The van der Waals surface area contributed by atoms with Crippen LogP contribution < -0.4 is 0 Å². The largest absolute Gasteiger partial charge is 0.299 e. The predicted octanol–water partition coefficient (Wildman–Crippen LogP) is 3.70. The van der Waals surface area contributed by atoms with E-state index in [9.17, 15) is 9.00 Å². The van der Waals surface area contributed by atoms with Crippen molar-refractivity contribution in [2.24, 2.45) is 9.81 Å². The first-order valence-electron chi connectivity index (χ1n) is 6.53. The second kappa shape index (κ2) is 7.17. The summed E-state index contributed by atoms with van der Waals surface area (Å²) >= 11 is 0. The summed E-state index contributed by atoms with van der Waals surface area (Å²) in [6.07, 6.45) is 4.94. The van der Waals surface area contributed by atoms with E-state index in [2.05, 4.69) is 4.40 Å². The zero-order chi connectivity index (χ0) is 14.4. The second-order valence-corrected chi connectivity index (χ2v) is 8.50. The SMILES string of the molecule is CC(C)(C)C(=O)CCCC/C=N/[S@](=O)C(C)(C)C. The van der Waals surface area contributed by atoms with E-state index >= 15 is 0 Å². The predicted molar refractivity (Wildman–Crippen MR) is 79.3 cm³/mol. The summed E-state index contributed by atoms with van der Waals surface area (Å²) < 4.78 is 15.3.